The molecular weight excluding hydrogens is 297 g/mol. The second-order valence-electron chi connectivity index (χ2n) is 4.62. The van der Waals surface area contributed by atoms with Crippen LogP contribution in [-0.4, -0.2) is 19.9 Å². The van der Waals surface area contributed by atoms with Crippen LogP contribution in [0.3, 0.4) is 0 Å². The van der Waals surface area contributed by atoms with Gasteiger partial charge in [0.1, 0.15) is 5.82 Å². The third-order valence-corrected chi connectivity index (χ3v) is 4.01. The standard InChI is InChI=1S/C13H14FN3O3S/c1-6-4-10(8(7(2)18)5-9(6)14)21-13-15-11(19)12(20)16-17(13)3/h4-5,7,18H,1-3H3,(H,16,20)/t7-/m0/s1. The Balaban J connectivity index is 2.54. The maximum atomic E-state index is 13.6. The fourth-order valence-electron chi connectivity index (χ4n) is 1.74. The van der Waals surface area contributed by atoms with Crippen LogP contribution >= 0.6 is 11.8 Å². The highest BCUT2D eigenvalue weighted by atomic mass is 32.2. The Morgan fingerprint density at radius 2 is 2.10 bits per heavy atom. The van der Waals surface area contributed by atoms with Crippen molar-refractivity contribution in [2.75, 3.05) is 0 Å². The largest absolute Gasteiger partial charge is 0.389 e. The summed E-state index contributed by atoms with van der Waals surface area (Å²) < 4.78 is 14.9. The van der Waals surface area contributed by atoms with Gasteiger partial charge in [-0.15, -0.1) is 0 Å². The first-order valence-corrected chi connectivity index (χ1v) is 6.94. The van der Waals surface area contributed by atoms with Gasteiger partial charge in [0, 0.05) is 11.9 Å². The zero-order valence-electron chi connectivity index (χ0n) is 11.7. The summed E-state index contributed by atoms with van der Waals surface area (Å²) in [5.41, 5.74) is -0.902. The smallest absolute Gasteiger partial charge is 0.339 e. The molecule has 0 aliphatic rings. The molecule has 1 atom stereocenters. The van der Waals surface area contributed by atoms with E-state index in [4.69, 9.17) is 0 Å². The lowest BCUT2D eigenvalue weighted by molar-refractivity contribution is 0.196. The SMILES string of the molecule is Cc1cc(Sc2nc(=O)c(=O)[nH]n2C)c([C@H](C)O)cc1F. The number of aromatic amines is 1. The lowest BCUT2D eigenvalue weighted by atomic mass is 10.1. The van der Waals surface area contributed by atoms with Crippen LogP contribution in [0.25, 0.3) is 0 Å². The van der Waals surface area contributed by atoms with E-state index in [9.17, 15) is 19.1 Å². The Morgan fingerprint density at radius 1 is 1.43 bits per heavy atom. The molecule has 0 amide bonds. The van der Waals surface area contributed by atoms with Gasteiger partial charge in [-0.1, -0.05) is 0 Å². The van der Waals surface area contributed by atoms with Crippen molar-refractivity contribution in [3.8, 4) is 0 Å². The Bertz CT molecular complexity index is 798. The van der Waals surface area contributed by atoms with E-state index in [0.29, 0.717) is 16.0 Å². The molecule has 1 aromatic heterocycles. The minimum Gasteiger partial charge on any atom is -0.389 e. The fourth-order valence-corrected chi connectivity index (χ4v) is 2.83. The number of H-pyrrole nitrogens is 1. The molecule has 2 aromatic rings. The number of rotatable bonds is 3. The van der Waals surface area contributed by atoms with Gasteiger partial charge in [0.15, 0.2) is 5.16 Å². The Hall–Kier alpha value is -1.93. The van der Waals surface area contributed by atoms with E-state index in [0.717, 1.165) is 11.8 Å². The summed E-state index contributed by atoms with van der Waals surface area (Å²) in [6.45, 7) is 3.12. The van der Waals surface area contributed by atoms with Gasteiger partial charge in [0.2, 0.25) is 0 Å². The molecule has 2 rings (SSSR count). The van der Waals surface area contributed by atoms with Crippen molar-refractivity contribution in [1.82, 2.24) is 14.8 Å². The highest BCUT2D eigenvalue weighted by Gasteiger charge is 2.15. The molecule has 21 heavy (non-hydrogen) atoms. The molecule has 0 aliphatic heterocycles. The number of aliphatic hydroxyl groups is 1. The van der Waals surface area contributed by atoms with Gasteiger partial charge < -0.3 is 5.11 Å². The predicted molar refractivity (Wildman–Crippen MR) is 76.0 cm³/mol. The van der Waals surface area contributed by atoms with Crippen LogP contribution in [0.4, 0.5) is 4.39 Å². The van der Waals surface area contributed by atoms with Crippen LogP contribution in [0.5, 0.6) is 0 Å². The maximum Gasteiger partial charge on any atom is 0.339 e. The molecule has 8 heteroatoms. The maximum absolute atomic E-state index is 13.6. The minimum atomic E-state index is -0.895. The number of nitrogens with zero attached hydrogens (tertiary/aromatic N) is 2. The van der Waals surface area contributed by atoms with Crippen LogP contribution in [0, 0.1) is 12.7 Å². The summed E-state index contributed by atoms with van der Waals surface area (Å²) in [5.74, 6) is -0.418. The molecule has 0 spiro atoms. The molecule has 6 nitrogen and oxygen atoms in total. The number of halogens is 1. The van der Waals surface area contributed by atoms with Gasteiger partial charge in [-0.2, -0.15) is 4.98 Å². The second kappa shape index (κ2) is 5.82. The van der Waals surface area contributed by atoms with Crippen molar-refractivity contribution in [1.29, 1.82) is 0 Å². The topological polar surface area (TPSA) is 88.0 Å². The molecule has 2 N–H and O–H groups in total. The molecular formula is C13H14FN3O3S. The van der Waals surface area contributed by atoms with Gasteiger partial charge in [-0.3, -0.25) is 19.4 Å². The normalized spacial score (nSPS) is 12.4. The van der Waals surface area contributed by atoms with Gasteiger partial charge in [-0.05, 0) is 48.9 Å². The van der Waals surface area contributed by atoms with Crippen LogP contribution in [-0.2, 0) is 7.05 Å². The van der Waals surface area contributed by atoms with E-state index in [-0.39, 0.29) is 5.16 Å². The van der Waals surface area contributed by atoms with Crippen LogP contribution in [0.15, 0.2) is 31.8 Å². The van der Waals surface area contributed by atoms with Gasteiger partial charge in [0.05, 0.1) is 6.10 Å². The predicted octanol–water partition coefficient (Wildman–Crippen LogP) is 1.12. The van der Waals surface area contributed by atoms with Crippen molar-refractivity contribution in [3.05, 3.63) is 49.8 Å². The Morgan fingerprint density at radius 3 is 2.71 bits per heavy atom. The van der Waals surface area contributed by atoms with Gasteiger partial charge >= 0.3 is 11.1 Å². The molecule has 0 aliphatic carbocycles. The van der Waals surface area contributed by atoms with Crippen LogP contribution < -0.4 is 11.1 Å². The third-order valence-electron chi connectivity index (χ3n) is 2.89. The number of nitrogens with one attached hydrogen (secondary N) is 1. The minimum absolute atomic E-state index is 0.243. The number of hydrogen-bond donors (Lipinski definition) is 2. The average Bonchev–Trinajstić information content (AvgIpc) is 2.39. The summed E-state index contributed by atoms with van der Waals surface area (Å²) >= 11 is 1.07. The van der Waals surface area contributed by atoms with Crippen LogP contribution in [0.2, 0.25) is 0 Å². The van der Waals surface area contributed by atoms with Gasteiger partial charge in [-0.25, -0.2) is 4.39 Å². The summed E-state index contributed by atoms with van der Waals surface area (Å²) in [4.78, 5) is 26.7. The lowest BCUT2D eigenvalue weighted by Gasteiger charge is -2.14. The Labute approximate surface area is 123 Å². The fraction of sp³-hybridized carbons (Fsp3) is 0.308. The van der Waals surface area contributed by atoms with E-state index < -0.39 is 23.0 Å². The lowest BCUT2D eigenvalue weighted by Crippen LogP contribution is -2.33. The first-order valence-electron chi connectivity index (χ1n) is 6.13. The molecule has 1 aromatic carbocycles. The molecule has 0 unspecified atom stereocenters. The van der Waals surface area contributed by atoms with Gasteiger partial charge in [0.25, 0.3) is 0 Å². The van der Waals surface area contributed by atoms with E-state index >= 15 is 0 Å². The van der Waals surface area contributed by atoms with Crippen molar-refractivity contribution < 1.29 is 9.50 Å². The number of aryl methyl sites for hydroxylation is 2. The van der Waals surface area contributed by atoms with E-state index in [2.05, 4.69) is 10.1 Å². The second-order valence-corrected chi connectivity index (χ2v) is 5.63. The van der Waals surface area contributed by atoms with Crippen molar-refractivity contribution >= 4 is 11.8 Å². The summed E-state index contributed by atoms with van der Waals surface area (Å²) in [6.07, 6.45) is -0.873. The summed E-state index contributed by atoms with van der Waals surface area (Å²) in [5, 5.41) is 12.3. The van der Waals surface area contributed by atoms with E-state index in [1.165, 1.54) is 24.7 Å². The molecule has 0 fully saturated rings. The van der Waals surface area contributed by atoms with E-state index in [1.54, 1.807) is 13.0 Å². The first-order chi connectivity index (χ1) is 9.79. The monoisotopic (exact) mass is 311 g/mol. The van der Waals surface area contributed by atoms with Crippen LogP contribution in [0.1, 0.15) is 24.2 Å². The molecule has 0 saturated heterocycles. The number of benzene rings is 1. The molecule has 0 saturated carbocycles. The zero-order valence-corrected chi connectivity index (χ0v) is 12.5. The van der Waals surface area contributed by atoms with E-state index in [1.807, 2.05) is 0 Å². The molecule has 1 heterocycles. The van der Waals surface area contributed by atoms with Crippen molar-refractivity contribution in [2.24, 2.45) is 7.05 Å². The van der Waals surface area contributed by atoms with Crippen molar-refractivity contribution in [2.45, 2.75) is 30.0 Å². The molecule has 112 valence electrons. The number of aliphatic hydroxyl groups excluding tert-OH is 1. The Kier molecular flexibility index (Phi) is 4.29. The van der Waals surface area contributed by atoms with Crippen molar-refractivity contribution in [3.63, 3.8) is 0 Å². The highest BCUT2D eigenvalue weighted by molar-refractivity contribution is 7.99. The summed E-state index contributed by atoms with van der Waals surface area (Å²) in [7, 11) is 1.54. The summed E-state index contributed by atoms with van der Waals surface area (Å²) in [6, 6.07) is 2.82. The molecule has 0 radical (unpaired) electrons. The highest BCUT2D eigenvalue weighted by Crippen LogP contribution is 2.33. The third kappa shape index (κ3) is 3.22. The molecule has 0 bridgehead atoms. The first kappa shape index (κ1) is 15.5. The number of hydrogen-bond acceptors (Lipinski definition) is 5. The quantitative estimate of drug-likeness (QED) is 0.829. The average molecular weight is 311 g/mol. The zero-order chi connectivity index (χ0) is 15.7. The number of aromatic nitrogens is 3.